The molecule has 19 nitrogen and oxygen atoms in total. The number of ether oxygens (including phenoxy) is 4. The minimum absolute atomic E-state index is 0.0965. The van der Waals surface area contributed by atoms with Crippen LogP contribution in [0.25, 0.3) is 0 Å². The molecule has 4 aliphatic rings. The first-order chi connectivity index (χ1) is 32.2. The van der Waals surface area contributed by atoms with Gasteiger partial charge in [-0.15, -0.1) is 0 Å². The van der Waals surface area contributed by atoms with Crippen LogP contribution in [0.5, 0.6) is 0 Å². The molecule has 0 radical (unpaired) electrons. The van der Waals surface area contributed by atoms with Crippen molar-refractivity contribution in [3.05, 3.63) is 85.1 Å². The molecule has 1 aliphatic carbocycles. The summed E-state index contributed by atoms with van der Waals surface area (Å²) >= 11 is 0. The number of aliphatic hydroxyl groups is 11. The highest BCUT2D eigenvalue weighted by Gasteiger charge is 2.51. The SMILES string of the molecule is C[C@H]1C[C@H](O)[C@@H](C)/C=C/C=C/C=C/C=C/C=C/C=C/C=C/[C@H](O[C@@H]2OC[C@@H](O)[C@H](N)[C@H]2O)C[C@@H]2O[C@](O)(CC(O)CC(O)C(O)CCC(O)CC(O)CC(=O)O1)C[C@H](O)C2C(=O)NC1CC(O)C1. The Morgan fingerprint density at radius 1 is 0.662 bits per heavy atom. The summed E-state index contributed by atoms with van der Waals surface area (Å²) in [5.41, 5.74) is 6.00. The van der Waals surface area contributed by atoms with Crippen molar-refractivity contribution < 1.29 is 84.7 Å². The van der Waals surface area contributed by atoms with E-state index in [-0.39, 0.29) is 50.7 Å². The summed E-state index contributed by atoms with van der Waals surface area (Å²) in [5.74, 6) is -5.18. The standard InChI is InChI=1S/C49H76N2O17/c1-29-15-13-11-9-7-5-3-4-6-8-10-12-14-16-36(67-48-46(62)45(50)41(60)28-65-48)25-42-44(47(63)51-31-20-33(53)21-31)40(59)27-49(64,68-42)26-35(55)23-39(58)37(56)18-17-32(52)22-34(54)24-43(61)66-30(2)19-38(29)57/h3-16,29-42,44-46,48,52-60,62,64H,17-28,50H2,1-2H3,(H,51,63)/b4-3+,7-5+,8-6+,11-9+,12-10+,15-13+,16-14+/t29-,30-,31?,32?,33?,34?,35?,36-,37?,38-,39?,40-,41+,42-,44?,45-,46+,48-,49+/m0/s1. The van der Waals surface area contributed by atoms with Gasteiger partial charge in [0.1, 0.15) is 12.2 Å². The van der Waals surface area contributed by atoms with E-state index >= 15 is 0 Å². The lowest BCUT2D eigenvalue weighted by Gasteiger charge is -2.46. The maximum absolute atomic E-state index is 13.8. The van der Waals surface area contributed by atoms with E-state index in [2.05, 4.69) is 5.32 Å². The van der Waals surface area contributed by atoms with Gasteiger partial charge in [-0.1, -0.05) is 92.0 Å². The zero-order valence-electron chi connectivity index (χ0n) is 38.9. The Labute approximate surface area is 398 Å². The van der Waals surface area contributed by atoms with Gasteiger partial charge < -0.3 is 86.2 Å². The van der Waals surface area contributed by atoms with Crippen LogP contribution in [0.2, 0.25) is 0 Å². The van der Waals surface area contributed by atoms with E-state index in [1.165, 1.54) is 0 Å². The summed E-state index contributed by atoms with van der Waals surface area (Å²) in [4.78, 5) is 26.3. The number of amides is 1. The van der Waals surface area contributed by atoms with E-state index < -0.39 is 141 Å². The molecule has 2 bridgehead atoms. The van der Waals surface area contributed by atoms with Gasteiger partial charge in [0.05, 0.1) is 92.1 Å². The van der Waals surface area contributed by atoms with Crippen molar-refractivity contribution in [1.29, 1.82) is 0 Å². The predicted octanol–water partition coefficient (Wildman–Crippen LogP) is -0.368. The molecular formula is C49H76N2O17. The minimum atomic E-state index is -2.28. The Hall–Kier alpha value is -3.48. The van der Waals surface area contributed by atoms with Crippen molar-refractivity contribution in [2.75, 3.05) is 6.61 Å². The Bertz CT molecular complexity index is 1750. The van der Waals surface area contributed by atoms with E-state index in [4.69, 9.17) is 24.7 Å². The minimum Gasteiger partial charge on any atom is -0.462 e. The first kappa shape index (κ1) is 57.1. The zero-order valence-corrected chi connectivity index (χ0v) is 38.9. The van der Waals surface area contributed by atoms with Gasteiger partial charge >= 0.3 is 5.97 Å². The highest BCUT2D eigenvalue weighted by Crippen LogP contribution is 2.38. The molecule has 0 aromatic rings. The first-order valence-corrected chi connectivity index (χ1v) is 23.6. The Balaban J connectivity index is 1.56. The van der Waals surface area contributed by atoms with Crippen molar-refractivity contribution in [3.8, 4) is 0 Å². The summed E-state index contributed by atoms with van der Waals surface area (Å²) in [6.07, 6.45) is 5.62. The van der Waals surface area contributed by atoms with E-state index in [0.29, 0.717) is 12.8 Å². The number of carbonyl (C=O) groups excluding carboxylic acids is 2. The van der Waals surface area contributed by atoms with Gasteiger partial charge in [-0.3, -0.25) is 9.59 Å². The van der Waals surface area contributed by atoms with Crippen LogP contribution in [0, 0.1) is 11.8 Å². The molecule has 0 aromatic heterocycles. The maximum atomic E-state index is 13.8. The molecule has 3 heterocycles. The van der Waals surface area contributed by atoms with Crippen molar-refractivity contribution >= 4 is 11.9 Å². The maximum Gasteiger partial charge on any atom is 0.308 e. The van der Waals surface area contributed by atoms with Gasteiger partial charge in [0.25, 0.3) is 0 Å². The van der Waals surface area contributed by atoms with Crippen LogP contribution in [0.1, 0.15) is 84.5 Å². The lowest BCUT2D eigenvalue weighted by atomic mass is 9.81. The molecule has 1 saturated carbocycles. The van der Waals surface area contributed by atoms with Crippen molar-refractivity contribution in [2.24, 2.45) is 17.6 Å². The number of rotatable bonds is 4. The number of cyclic esters (lactones) is 1. The lowest BCUT2D eigenvalue weighted by molar-refractivity contribution is -0.304. The molecule has 3 aliphatic heterocycles. The summed E-state index contributed by atoms with van der Waals surface area (Å²) in [6, 6.07) is -1.49. The highest BCUT2D eigenvalue weighted by atomic mass is 16.7. The number of nitrogens with one attached hydrogen (secondary N) is 1. The normalized spacial score (nSPS) is 44.9. The highest BCUT2D eigenvalue weighted by molar-refractivity contribution is 5.80. The fourth-order valence-corrected chi connectivity index (χ4v) is 8.51. The zero-order chi connectivity index (χ0) is 50.0. The van der Waals surface area contributed by atoms with Crippen molar-refractivity contribution in [3.63, 3.8) is 0 Å². The number of carbonyl (C=O) groups is 2. The van der Waals surface area contributed by atoms with E-state index in [1.807, 2.05) is 37.3 Å². The average Bonchev–Trinajstić information content (AvgIpc) is 3.23. The molecule has 3 fully saturated rings. The summed E-state index contributed by atoms with van der Waals surface area (Å²) < 4.78 is 23.3. The number of hydrogen-bond donors (Lipinski definition) is 13. The fourth-order valence-electron chi connectivity index (χ4n) is 8.51. The van der Waals surface area contributed by atoms with Gasteiger partial charge in [-0.2, -0.15) is 0 Å². The molecule has 6 unspecified atom stereocenters. The van der Waals surface area contributed by atoms with Gasteiger partial charge in [0, 0.05) is 44.1 Å². The second kappa shape index (κ2) is 28.4. The molecule has 19 heteroatoms. The largest absolute Gasteiger partial charge is 0.462 e. The molecule has 14 N–H and O–H groups in total. The molecule has 1 amide bonds. The summed E-state index contributed by atoms with van der Waals surface area (Å²) in [6.45, 7) is 3.20. The fraction of sp³-hybridized carbons (Fsp3) is 0.673. The average molecular weight is 965 g/mol. The lowest BCUT2D eigenvalue weighted by Crippen LogP contribution is -2.60. The summed E-state index contributed by atoms with van der Waals surface area (Å²) in [7, 11) is 0. The molecule has 68 heavy (non-hydrogen) atoms. The molecule has 0 aromatic carbocycles. The van der Waals surface area contributed by atoms with Crippen LogP contribution >= 0.6 is 0 Å². The molecule has 4 rings (SSSR count). The van der Waals surface area contributed by atoms with E-state index in [9.17, 15) is 65.8 Å². The second-order valence-corrected chi connectivity index (χ2v) is 18.7. The smallest absolute Gasteiger partial charge is 0.308 e. The van der Waals surface area contributed by atoms with E-state index in [1.54, 1.807) is 61.6 Å². The third-order valence-corrected chi connectivity index (χ3v) is 12.5. The number of allylic oxidation sites excluding steroid dienone is 12. The van der Waals surface area contributed by atoms with Crippen molar-refractivity contribution in [2.45, 2.75) is 188 Å². The Morgan fingerprint density at radius 3 is 1.88 bits per heavy atom. The van der Waals surface area contributed by atoms with Crippen LogP contribution in [-0.2, 0) is 28.5 Å². The number of esters is 1. The topological polar surface area (TPSA) is 332 Å². The van der Waals surface area contributed by atoms with Crippen molar-refractivity contribution in [1.82, 2.24) is 5.32 Å². The molecule has 2 saturated heterocycles. The van der Waals surface area contributed by atoms with E-state index in [0.717, 1.165) is 0 Å². The quantitative estimate of drug-likeness (QED) is 0.160. The predicted molar refractivity (Wildman–Crippen MR) is 247 cm³/mol. The Morgan fingerprint density at radius 2 is 1.26 bits per heavy atom. The number of aliphatic hydroxyl groups excluding tert-OH is 10. The summed E-state index contributed by atoms with van der Waals surface area (Å²) in [5, 5.41) is 121. The molecular weight excluding hydrogens is 889 g/mol. The third-order valence-electron chi connectivity index (χ3n) is 12.5. The van der Waals surface area contributed by atoms with Gasteiger partial charge in [-0.05, 0) is 39.0 Å². The first-order valence-electron chi connectivity index (χ1n) is 23.6. The number of fused-ring (bicyclic) bond motifs is 2. The number of hydrogen-bond acceptors (Lipinski definition) is 18. The van der Waals surface area contributed by atoms with Gasteiger partial charge in [0.15, 0.2) is 12.1 Å². The van der Waals surface area contributed by atoms with Gasteiger partial charge in [-0.25, -0.2) is 0 Å². The molecule has 0 spiro atoms. The van der Waals surface area contributed by atoms with Gasteiger partial charge in [0.2, 0.25) is 5.91 Å². The van der Waals surface area contributed by atoms with Crippen LogP contribution in [0.4, 0.5) is 0 Å². The van der Waals surface area contributed by atoms with Crippen LogP contribution in [0.15, 0.2) is 85.1 Å². The Kier molecular flexibility index (Phi) is 23.8. The monoisotopic (exact) mass is 965 g/mol. The van der Waals surface area contributed by atoms with Crippen LogP contribution in [-0.4, -0.2) is 178 Å². The molecule has 384 valence electrons. The second-order valence-electron chi connectivity index (χ2n) is 18.7. The molecule has 17 atom stereocenters. The third kappa shape index (κ3) is 19.4. The van der Waals surface area contributed by atoms with Crippen LogP contribution in [0.3, 0.4) is 0 Å². The number of nitrogens with two attached hydrogens (primary N) is 1. The van der Waals surface area contributed by atoms with Crippen LogP contribution < -0.4 is 11.1 Å².